The highest BCUT2D eigenvalue weighted by atomic mass is 19.1. The molecule has 0 radical (unpaired) electrons. The lowest BCUT2D eigenvalue weighted by molar-refractivity contribution is -0.158. The monoisotopic (exact) mass is 368 g/mol. The van der Waals surface area contributed by atoms with E-state index in [-0.39, 0.29) is 18.7 Å². The lowest BCUT2D eigenvalue weighted by Gasteiger charge is -2.25. The van der Waals surface area contributed by atoms with Crippen LogP contribution in [0.2, 0.25) is 0 Å². The van der Waals surface area contributed by atoms with Crippen LogP contribution >= 0.6 is 0 Å². The number of amides is 1. The highest BCUT2D eigenvalue weighted by Crippen LogP contribution is 2.14. The first-order valence-electron chi connectivity index (χ1n) is 8.27. The Morgan fingerprint density at radius 3 is 2.19 bits per heavy atom. The molecule has 0 unspecified atom stereocenters. The fraction of sp³-hybridized carbons (Fsp3) is 0.474. The number of ether oxygens (including phenoxy) is 1. The molecule has 0 heterocycles. The number of carbonyl (C=O) groups is 2. The average Bonchev–Trinajstić information content (AvgIpc) is 2.48. The maximum absolute atomic E-state index is 13.7. The third kappa shape index (κ3) is 7.74. The first-order chi connectivity index (χ1) is 12.0. The molecule has 5 nitrogen and oxygen atoms in total. The van der Waals surface area contributed by atoms with E-state index in [2.05, 4.69) is 0 Å². The lowest BCUT2D eigenvalue weighted by atomic mass is 10.2. The zero-order valence-electron chi connectivity index (χ0n) is 15.9. The average molecular weight is 368 g/mol. The Kier molecular flexibility index (Phi) is 7.89. The molecular weight excluding hydrogens is 342 g/mol. The molecule has 1 rings (SSSR count). The van der Waals surface area contributed by atoms with Gasteiger partial charge in [0.05, 0.1) is 0 Å². The molecule has 7 heteroatoms. The third-order valence-corrected chi connectivity index (χ3v) is 3.26. The van der Waals surface area contributed by atoms with Crippen LogP contribution in [-0.4, -0.2) is 61.0 Å². The van der Waals surface area contributed by atoms with Gasteiger partial charge in [0.25, 0.3) is 0 Å². The summed E-state index contributed by atoms with van der Waals surface area (Å²) in [6.07, 6.45) is 2.13. The second kappa shape index (κ2) is 9.43. The molecule has 0 N–H and O–H groups in total. The van der Waals surface area contributed by atoms with Gasteiger partial charge < -0.3 is 14.5 Å². The van der Waals surface area contributed by atoms with E-state index in [1.54, 1.807) is 20.8 Å². The molecule has 0 bridgehead atoms. The van der Waals surface area contributed by atoms with Crippen molar-refractivity contribution in [3.05, 3.63) is 41.5 Å². The van der Waals surface area contributed by atoms with Crippen LogP contribution in [0.1, 0.15) is 26.3 Å². The summed E-state index contributed by atoms with van der Waals surface area (Å²) >= 11 is 0. The molecule has 0 fully saturated rings. The Bertz CT molecular complexity index is 647. The number of hydrogen-bond donors (Lipinski definition) is 0. The minimum atomic E-state index is -0.763. The SMILES string of the molecule is CN(C)CCN(CC(=O)OC(C)(C)C)C(=O)/C=C/c1c(F)cccc1F. The first kappa shape index (κ1) is 21.8. The molecule has 0 spiro atoms. The van der Waals surface area contributed by atoms with Crippen molar-refractivity contribution >= 4 is 18.0 Å². The zero-order valence-corrected chi connectivity index (χ0v) is 15.9. The van der Waals surface area contributed by atoms with E-state index in [0.29, 0.717) is 6.54 Å². The number of hydrogen-bond acceptors (Lipinski definition) is 4. The van der Waals surface area contributed by atoms with Gasteiger partial charge in [-0.15, -0.1) is 0 Å². The summed E-state index contributed by atoms with van der Waals surface area (Å²) in [5.41, 5.74) is -0.967. The van der Waals surface area contributed by atoms with Gasteiger partial charge in [-0.05, 0) is 53.1 Å². The van der Waals surface area contributed by atoms with Gasteiger partial charge >= 0.3 is 5.97 Å². The quantitative estimate of drug-likeness (QED) is 0.549. The van der Waals surface area contributed by atoms with Crippen molar-refractivity contribution in [2.24, 2.45) is 0 Å². The van der Waals surface area contributed by atoms with Crippen LogP contribution in [-0.2, 0) is 14.3 Å². The fourth-order valence-corrected chi connectivity index (χ4v) is 2.05. The van der Waals surface area contributed by atoms with Crippen LogP contribution < -0.4 is 0 Å². The number of nitrogens with zero attached hydrogens (tertiary/aromatic N) is 2. The minimum absolute atomic E-state index is 0.242. The standard InChI is InChI=1S/C19H26F2N2O3/c1-19(2,3)26-18(25)13-23(12-11-22(4)5)17(24)10-9-14-15(20)7-6-8-16(14)21/h6-10H,11-13H2,1-5H3/b10-9+. The largest absolute Gasteiger partial charge is 0.459 e. The highest BCUT2D eigenvalue weighted by molar-refractivity contribution is 5.93. The van der Waals surface area contributed by atoms with E-state index in [4.69, 9.17) is 4.74 Å². The van der Waals surface area contributed by atoms with Crippen molar-refractivity contribution in [2.45, 2.75) is 26.4 Å². The first-order valence-corrected chi connectivity index (χ1v) is 8.27. The second-order valence-electron chi connectivity index (χ2n) is 7.12. The summed E-state index contributed by atoms with van der Waals surface area (Å²) in [4.78, 5) is 27.6. The van der Waals surface area contributed by atoms with E-state index in [9.17, 15) is 18.4 Å². The van der Waals surface area contributed by atoms with E-state index < -0.39 is 29.1 Å². The van der Waals surface area contributed by atoms with Gasteiger partial charge in [-0.1, -0.05) is 6.07 Å². The lowest BCUT2D eigenvalue weighted by Crippen LogP contribution is -2.41. The van der Waals surface area contributed by atoms with E-state index in [1.165, 1.54) is 11.0 Å². The Morgan fingerprint density at radius 2 is 1.69 bits per heavy atom. The summed E-state index contributed by atoms with van der Waals surface area (Å²) in [6, 6.07) is 3.46. The molecular formula is C19H26F2N2O3. The van der Waals surface area contributed by atoms with Gasteiger partial charge in [0.1, 0.15) is 23.8 Å². The molecule has 0 aliphatic heterocycles. The molecule has 1 aromatic rings. The highest BCUT2D eigenvalue weighted by Gasteiger charge is 2.21. The van der Waals surface area contributed by atoms with Gasteiger partial charge in [-0.25, -0.2) is 8.78 Å². The Balaban J connectivity index is 2.89. The molecule has 26 heavy (non-hydrogen) atoms. The van der Waals surface area contributed by atoms with Crippen LogP contribution in [0.4, 0.5) is 8.78 Å². The van der Waals surface area contributed by atoms with Crippen molar-refractivity contribution in [1.29, 1.82) is 0 Å². The van der Waals surface area contributed by atoms with E-state index in [0.717, 1.165) is 24.3 Å². The maximum atomic E-state index is 13.7. The molecule has 0 aliphatic rings. The number of likely N-dealkylation sites (N-methyl/N-ethyl adjacent to an activating group) is 1. The van der Waals surface area contributed by atoms with Crippen molar-refractivity contribution < 1.29 is 23.1 Å². The number of esters is 1. The molecule has 0 saturated heterocycles. The summed E-state index contributed by atoms with van der Waals surface area (Å²) < 4.78 is 32.5. The smallest absolute Gasteiger partial charge is 0.326 e. The van der Waals surface area contributed by atoms with Gasteiger partial charge in [0.2, 0.25) is 5.91 Å². The molecule has 0 saturated carbocycles. The number of halogens is 2. The maximum Gasteiger partial charge on any atom is 0.326 e. The van der Waals surface area contributed by atoms with Crippen molar-refractivity contribution in [3.8, 4) is 0 Å². The molecule has 1 aromatic carbocycles. The van der Waals surface area contributed by atoms with Crippen molar-refractivity contribution in [2.75, 3.05) is 33.7 Å². The molecule has 144 valence electrons. The van der Waals surface area contributed by atoms with Crippen molar-refractivity contribution in [3.63, 3.8) is 0 Å². The Morgan fingerprint density at radius 1 is 1.12 bits per heavy atom. The Hall–Kier alpha value is -2.28. The van der Waals surface area contributed by atoms with Crippen LogP contribution in [0, 0.1) is 11.6 Å². The van der Waals surface area contributed by atoms with Gasteiger partial charge in [-0.3, -0.25) is 9.59 Å². The third-order valence-electron chi connectivity index (χ3n) is 3.26. The normalized spacial score (nSPS) is 11.8. The predicted octanol–water partition coefficient (Wildman–Crippen LogP) is 2.71. The summed E-state index contributed by atoms with van der Waals surface area (Å²) in [7, 11) is 3.67. The Labute approximate surface area is 153 Å². The number of rotatable bonds is 7. The number of carbonyl (C=O) groups excluding carboxylic acids is 2. The van der Waals surface area contributed by atoms with Crippen LogP contribution in [0.5, 0.6) is 0 Å². The van der Waals surface area contributed by atoms with E-state index >= 15 is 0 Å². The summed E-state index contributed by atoms with van der Waals surface area (Å²) in [6.45, 7) is 5.76. The molecule has 0 aliphatic carbocycles. The molecule has 0 atom stereocenters. The second-order valence-corrected chi connectivity index (χ2v) is 7.12. The topological polar surface area (TPSA) is 49.9 Å². The van der Waals surface area contributed by atoms with Gasteiger partial charge in [-0.2, -0.15) is 0 Å². The van der Waals surface area contributed by atoms with E-state index in [1.807, 2.05) is 19.0 Å². The molecule has 0 aromatic heterocycles. The van der Waals surface area contributed by atoms with Gasteiger partial charge in [0.15, 0.2) is 0 Å². The van der Waals surface area contributed by atoms with Crippen molar-refractivity contribution in [1.82, 2.24) is 9.80 Å². The summed E-state index contributed by atoms with van der Waals surface area (Å²) in [5.74, 6) is -2.60. The van der Waals surface area contributed by atoms with Gasteiger partial charge in [0, 0.05) is 24.7 Å². The summed E-state index contributed by atoms with van der Waals surface area (Å²) in [5, 5.41) is 0. The zero-order chi connectivity index (χ0) is 19.9. The predicted molar refractivity (Wildman–Crippen MR) is 96.4 cm³/mol. The fourth-order valence-electron chi connectivity index (χ4n) is 2.05. The van der Waals surface area contributed by atoms with Crippen LogP contribution in [0.25, 0.3) is 6.08 Å². The minimum Gasteiger partial charge on any atom is -0.459 e. The molecule has 1 amide bonds. The number of benzene rings is 1. The van der Waals surface area contributed by atoms with Crippen LogP contribution in [0.15, 0.2) is 24.3 Å². The van der Waals surface area contributed by atoms with Crippen LogP contribution in [0.3, 0.4) is 0 Å².